The molecule has 0 bridgehead atoms. The number of anilines is 1. The molecule has 0 radical (unpaired) electrons. The van der Waals surface area contributed by atoms with Crippen molar-refractivity contribution in [2.75, 3.05) is 31.2 Å². The van der Waals surface area contributed by atoms with E-state index in [-0.39, 0.29) is 12.3 Å². The number of carbonyl (C=O) groups excluding carboxylic acids is 1. The average molecular weight is 353 g/mol. The summed E-state index contributed by atoms with van der Waals surface area (Å²) in [5.41, 5.74) is 2.38. The molecular formula is C20H23N3O3. The molecule has 1 aliphatic heterocycles. The van der Waals surface area contributed by atoms with Gasteiger partial charge in [0, 0.05) is 38.2 Å². The lowest BCUT2D eigenvalue weighted by Gasteiger charge is -2.37. The number of rotatable bonds is 6. The maximum atomic E-state index is 13.1. The number of hydrogen-bond acceptors (Lipinski definition) is 4. The van der Waals surface area contributed by atoms with Crippen molar-refractivity contribution >= 4 is 17.6 Å². The molecular weight excluding hydrogens is 330 g/mol. The fourth-order valence-corrected chi connectivity index (χ4v) is 3.02. The van der Waals surface area contributed by atoms with Gasteiger partial charge in [-0.2, -0.15) is 0 Å². The number of carboxylic acids is 1. The fourth-order valence-electron chi connectivity index (χ4n) is 3.02. The molecule has 1 amide bonds. The van der Waals surface area contributed by atoms with Crippen LogP contribution in [0.1, 0.15) is 22.3 Å². The first-order chi connectivity index (χ1) is 12.6. The summed E-state index contributed by atoms with van der Waals surface area (Å²) in [4.78, 5) is 23.9. The van der Waals surface area contributed by atoms with Gasteiger partial charge in [0.2, 0.25) is 0 Å². The van der Waals surface area contributed by atoms with Crippen molar-refractivity contribution in [1.82, 2.24) is 10.3 Å². The Balaban J connectivity index is 1.85. The van der Waals surface area contributed by atoms with Crippen LogP contribution in [0.25, 0.3) is 0 Å². The second-order valence-electron chi connectivity index (χ2n) is 6.25. The molecule has 0 aliphatic carbocycles. The molecule has 2 aromatic rings. The van der Waals surface area contributed by atoms with Crippen molar-refractivity contribution in [2.45, 2.75) is 12.8 Å². The lowest BCUT2D eigenvalue weighted by atomic mass is 10.1. The first kappa shape index (κ1) is 18.1. The second-order valence-corrected chi connectivity index (χ2v) is 6.25. The molecule has 1 fully saturated rings. The van der Waals surface area contributed by atoms with Crippen LogP contribution in [0.2, 0.25) is 0 Å². The molecule has 0 unspecified atom stereocenters. The molecule has 26 heavy (non-hydrogen) atoms. The minimum atomic E-state index is -0.809. The Bertz CT molecular complexity index is 741. The Kier molecular flexibility index (Phi) is 5.99. The largest absolute Gasteiger partial charge is 0.481 e. The number of aliphatic carboxylic acids is 1. The summed E-state index contributed by atoms with van der Waals surface area (Å²) in [6.07, 6.45) is 0.583. The zero-order chi connectivity index (χ0) is 18.4. The Labute approximate surface area is 153 Å². The Morgan fingerprint density at radius 1 is 1.00 bits per heavy atom. The van der Waals surface area contributed by atoms with Gasteiger partial charge in [-0.05, 0) is 36.2 Å². The average Bonchev–Trinajstić information content (AvgIpc) is 2.69. The van der Waals surface area contributed by atoms with Gasteiger partial charge in [0.25, 0.3) is 5.91 Å². The number of carboxylic acid groups (broad SMARTS) is 1. The van der Waals surface area contributed by atoms with Crippen molar-refractivity contribution in [3.63, 3.8) is 0 Å². The van der Waals surface area contributed by atoms with Crippen LogP contribution in [0, 0.1) is 0 Å². The lowest BCUT2D eigenvalue weighted by Crippen LogP contribution is -2.55. The molecule has 1 aliphatic rings. The molecule has 2 N–H and O–H groups in total. The number of nitrogens with zero attached hydrogens (tertiary/aromatic N) is 2. The maximum absolute atomic E-state index is 13.1. The van der Waals surface area contributed by atoms with Crippen LogP contribution >= 0.6 is 0 Å². The molecule has 1 heterocycles. The van der Waals surface area contributed by atoms with E-state index >= 15 is 0 Å². The summed E-state index contributed by atoms with van der Waals surface area (Å²) in [6, 6.07) is 16.8. The van der Waals surface area contributed by atoms with Crippen molar-refractivity contribution in [1.29, 1.82) is 0 Å². The van der Waals surface area contributed by atoms with Crippen molar-refractivity contribution < 1.29 is 14.7 Å². The van der Waals surface area contributed by atoms with E-state index in [0.717, 1.165) is 37.4 Å². The van der Waals surface area contributed by atoms with Gasteiger partial charge < -0.3 is 10.4 Å². The Hall–Kier alpha value is -2.70. The lowest BCUT2D eigenvalue weighted by molar-refractivity contribution is -0.136. The van der Waals surface area contributed by atoms with Gasteiger partial charge in [-0.3, -0.25) is 9.59 Å². The molecule has 0 saturated carbocycles. The number of carbonyl (C=O) groups is 2. The standard InChI is InChI=1S/C20H23N3O3/c24-19(25)11-8-16-6-9-18(10-7-16)23(22-14-12-21-13-15-22)20(26)17-4-2-1-3-5-17/h1-7,9-10,21H,8,11-15H2,(H,24,25). The number of nitrogens with one attached hydrogen (secondary N) is 1. The molecule has 3 rings (SSSR count). The Morgan fingerprint density at radius 2 is 1.65 bits per heavy atom. The van der Waals surface area contributed by atoms with Crippen LogP contribution in [-0.2, 0) is 11.2 Å². The fraction of sp³-hybridized carbons (Fsp3) is 0.300. The predicted octanol–water partition coefficient (Wildman–Crippen LogP) is 2.17. The van der Waals surface area contributed by atoms with Crippen LogP contribution in [0.5, 0.6) is 0 Å². The third-order valence-electron chi connectivity index (χ3n) is 4.40. The molecule has 136 valence electrons. The normalized spacial score (nSPS) is 14.8. The SMILES string of the molecule is O=C(O)CCc1ccc(N(C(=O)c2ccccc2)N2CCNCC2)cc1. The van der Waals surface area contributed by atoms with Gasteiger partial charge >= 0.3 is 5.97 Å². The van der Waals surface area contributed by atoms with E-state index in [1.54, 1.807) is 5.01 Å². The summed E-state index contributed by atoms with van der Waals surface area (Å²) in [7, 11) is 0. The van der Waals surface area contributed by atoms with Crippen LogP contribution in [0.15, 0.2) is 54.6 Å². The van der Waals surface area contributed by atoms with Crippen LogP contribution in [0.4, 0.5) is 5.69 Å². The molecule has 2 aromatic carbocycles. The third kappa shape index (κ3) is 4.47. The van der Waals surface area contributed by atoms with Crippen molar-refractivity contribution in [3.05, 3.63) is 65.7 Å². The predicted molar refractivity (Wildman–Crippen MR) is 100 cm³/mol. The minimum Gasteiger partial charge on any atom is -0.481 e. The summed E-state index contributed by atoms with van der Waals surface area (Å²) in [6.45, 7) is 3.16. The number of hydrazine groups is 1. The molecule has 0 atom stereocenters. The first-order valence-electron chi connectivity index (χ1n) is 8.81. The highest BCUT2D eigenvalue weighted by Crippen LogP contribution is 2.21. The van der Waals surface area contributed by atoms with E-state index in [0.29, 0.717) is 12.0 Å². The summed E-state index contributed by atoms with van der Waals surface area (Å²) in [5, 5.41) is 15.9. The zero-order valence-electron chi connectivity index (χ0n) is 14.6. The van der Waals surface area contributed by atoms with Crippen LogP contribution in [-0.4, -0.2) is 48.2 Å². The molecule has 6 heteroatoms. The monoisotopic (exact) mass is 353 g/mol. The topological polar surface area (TPSA) is 72.9 Å². The van der Waals surface area contributed by atoms with E-state index < -0.39 is 5.97 Å². The number of amides is 1. The molecule has 0 aromatic heterocycles. The van der Waals surface area contributed by atoms with Gasteiger partial charge in [0.1, 0.15) is 0 Å². The summed E-state index contributed by atoms with van der Waals surface area (Å²) >= 11 is 0. The van der Waals surface area contributed by atoms with Crippen molar-refractivity contribution in [3.8, 4) is 0 Å². The molecule has 1 saturated heterocycles. The molecule has 6 nitrogen and oxygen atoms in total. The third-order valence-corrected chi connectivity index (χ3v) is 4.40. The van der Waals surface area contributed by atoms with Crippen molar-refractivity contribution in [2.24, 2.45) is 0 Å². The van der Waals surface area contributed by atoms with E-state index in [1.165, 1.54) is 0 Å². The highest BCUT2D eigenvalue weighted by molar-refractivity contribution is 6.05. The van der Waals surface area contributed by atoms with Gasteiger partial charge in [-0.25, -0.2) is 10.0 Å². The summed E-state index contributed by atoms with van der Waals surface area (Å²) in [5.74, 6) is -0.874. The van der Waals surface area contributed by atoms with Gasteiger partial charge in [-0.1, -0.05) is 30.3 Å². The Morgan fingerprint density at radius 3 is 2.27 bits per heavy atom. The minimum absolute atomic E-state index is 0.0641. The number of hydrogen-bond donors (Lipinski definition) is 2. The van der Waals surface area contributed by atoms with E-state index in [2.05, 4.69) is 10.3 Å². The number of piperazine rings is 1. The molecule has 0 spiro atoms. The van der Waals surface area contributed by atoms with E-state index in [9.17, 15) is 9.59 Å². The van der Waals surface area contributed by atoms with Gasteiger partial charge in [0.05, 0.1) is 5.69 Å². The van der Waals surface area contributed by atoms with E-state index in [4.69, 9.17) is 5.11 Å². The highest BCUT2D eigenvalue weighted by atomic mass is 16.4. The zero-order valence-corrected chi connectivity index (χ0v) is 14.6. The first-order valence-corrected chi connectivity index (χ1v) is 8.81. The number of benzene rings is 2. The van der Waals surface area contributed by atoms with Gasteiger partial charge in [0.15, 0.2) is 0 Å². The quantitative estimate of drug-likeness (QED) is 0.833. The number of aryl methyl sites for hydroxylation is 1. The van der Waals surface area contributed by atoms with Gasteiger partial charge in [-0.15, -0.1) is 0 Å². The highest BCUT2D eigenvalue weighted by Gasteiger charge is 2.25. The van der Waals surface area contributed by atoms with Crippen LogP contribution in [0.3, 0.4) is 0 Å². The van der Waals surface area contributed by atoms with Crippen LogP contribution < -0.4 is 10.3 Å². The second kappa shape index (κ2) is 8.60. The summed E-state index contributed by atoms with van der Waals surface area (Å²) < 4.78 is 0. The smallest absolute Gasteiger partial charge is 0.303 e. The van der Waals surface area contributed by atoms with E-state index in [1.807, 2.05) is 54.6 Å². The maximum Gasteiger partial charge on any atom is 0.303 e.